The molecule has 3 N–H and O–H groups in total. The second-order valence-corrected chi connectivity index (χ2v) is 4.69. The van der Waals surface area contributed by atoms with Crippen LogP contribution in [0.1, 0.15) is 10.4 Å². The van der Waals surface area contributed by atoms with Gasteiger partial charge >= 0.3 is 0 Å². The molecule has 0 radical (unpaired) electrons. The number of methoxy groups -OCH3 is 2. The first-order chi connectivity index (χ1) is 10.0. The molecule has 0 saturated heterocycles. The van der Waals surface area contributed by atoms with Gasteiger partial charge in [-0.2, -0.15) is 0 Å². The lowest BCUT2D eigenvalue weighted by atomic mass is 10.1. The number of carbonyl (C=O) groups is 1. The molecule has 0 aliphatic carbocycles. The molecule has 0 aliphatic heterocycles. The first kappa shape index (κ1) is 15.0. The minimum atomic E-state index is -0.327. The first-order valence-corrected chi connectivity index (χ1v) is 6.51. The van der Waals surface area contributed by atoms with Crippen LogP contribution in [0.3, 0.4) is 0 Å². The van der Waals surface area contributed by atoms with Crippen molar-refractivity contribution >= 4 is 28.9 Å². The Labute approximate surface area is 127 Å². The van der Waals surface area contributed by atoms with E-state index >= 15 is 0 Å². The number of nitrogen functional groups attached to an aromatic ring is 1. The molecule has 0 saturated carbocycles. The van der Waals surface area contributed by atoms with E-state index in [0.717, 1.165) is 0 Å². The highest BCUT2D eigenvalue weighted by Gasteiger charge is 2.15. The third kappa shape index (κ3) is 3.38. The van der Waals surface area contributed by atoms with Crippen LogP contribution in [0.15, 0.2) is 36.4 Å². The predicted molar refractivity (Wildman–Crippen MR) is 83.4 cm³/mol. The van der Waals surface area contributed by atoms with Crippen molar-refractivity contribution in [1.82, 2.24) is 0 Å². The SMILES string of the molecule is COc1cc(N)ccc1NC(=O)c1ccc(Cl)cc1OC. The minimum absolute atomic E-state index is 0.327. The van der Waals surface area contributed by atoms with Crippen LogP contribution in [-0.4, -0.2) is 20.1 Å². The van der Waals surface area contributed by atoms with E-state index in [2.05, 4.69) is 5.32 Å². The summed E-state index contributed by atoms with van der Waals surface area (Å²) in [6.07, 6.45) is 0. The molecule has 0 unspecified atom stereocenters. The molecule has 0 fully saturated rings. The van der Waals surface area contributed by atoms with Crippen LogP contribution in [0.25, 0.3) is 0 Å². The summed E-state index contributed by atoms with van der Waals surface area (Å²) in [6, 6.07) is 9.79. The van der Waals surface area contributed by atoms with Gasteiger partial charge in [-0.25, -0.2) is 0 Å². The van der Waals surface area contributed by atoms with Crippen molar-refractivity contribution in [3.05, 3.63) is 47.0 Å². The lowest BCUT2D eigenvalue weighted by Gasteiger charge is -2.12. The van der Waals surface area contributed by atoms with Crippen LogP contribution in [0, 0.1) is 0 Å². The van der Waals surface area contributed by atoms with E-state index in [4.69, 9.17) is 26.8 Å². The third-order valence-corrected chi connectivity index (χ3v) is 3.12. The van der Waals surface area contributed by atoms with Gasteiger partial charge in [0.2, 0.25) is 0 Å². The zero-order valence-electron chi connectivity index (χ0n) is 11.6. The number of hydrogen-bond donors (Lipinski definition) is 2. The molecule has 0 atom stereocenters. The van der Waals surface area contributed by atoms with Crippen molar-refractivity contribution in [2.24, 2.45) is 0 Å². The van der Waals surface area contributed by atoms with Crippen LogP contribution in [-0.2, 0) is 0 Å². The summed E-state index contributed by atoms with van der Waals surface area (Å²) in [7, 11) is 2.99. The number of hydrogen-bond acceptors (Lipinski definition) is 4. The van der Waals surface area contributed by atoms with E-state index in [1.807, 2.05) is 0 Å². The highest BCUT2D eigenvalue weighted by atomic mass is 35.5. The Hall–Kier alpha value is -2.40. The van der Waals surface area contributed by atoms with Gasteiger partial charge in [-0.1, -0.05) is 11.6 Å². The largest absolute Gasteiger partial charge is 0.496 e. The standard InChI is InChI=1S/C15H15ClN2O3/c1-20-13-7-9(16)3-5-11(13)15(19)18-12-6-4-10(17)8-14(12)21-2/h3-8H,17H2,1-2H3,(H,18,19). The maximum absolute atomic E-state index is 12.3. The van der Waals surface area contributed by atoms with Crippen LogP contribution < -0.4 is 20.5 Å². The fourth-order valence-corrected chi connectivity index (χ4v) is 2.02. The summed E-state index contributed by atoms with van der Waals surface area (Å²) in [4.78, 5) is 12.3. The summed E-state index contributed by atoms with van der Waals surface area (Å²) in [5.74, 6) is 0.553. The molecule has 0 aromatic heterocycles. The number of benzene rings is 2. The van der Waals surface area contributed by atoms with Gasteiger partial charge in [0.1, 0.15) is 11.5 Å². The highest BCUT2D eigenvalue weighted by molar-refractivity contribution is 6.31. The summed E-state index contributed by atoms with van der Waals surface area (Å²) in [5.41, 5.74) is 7.13. The molecule has 0 aliphatic rings. The molecule has 2 aromatic rings. The molecule has 0 heterocycles. The molecule has 2 aromatic carbocycles. The van der Waals surface area contributed by atoms with Gasteiger partial charge in [0.25, 0.3) is 5.91 Å². The van der Waals surface area contributed by atoms with Gasteiger partial charge < -0.3 is 20.5 Å². The molecule has 2 rings (SSSR count). The van der Waals surface area contributed by atoms with Crippen LogP contribution in [0.4, 0.5) is 11.4 Å². The highest BCUT2D eigenvalue weighted by Crippen LogP contribution is 2.29. The molecule has 6 heteroatoms. The van der Waals surface area contributed by atoms with E-state index in [0.29, 0.717) is 33.5 Å². The second kappa shape index (κ2) is 6.37. The molecular weight excluding hydrogens is 292 g/mol. The van der Waals surface area contributed by atoms with Gasteiger partial charge in [-0.05, 0) is 30.3 Å². The molecule has 0 bridgehead atoms. The normalized spacial score (nSPS) is 10.0. The fourth-order valence-electron chi connectivity index (χ4n) is 1.85. The Kier molecular flexibility index (Phi) is 4.55. The number of amides is 1. The van der Waals surface area contributed by atoms with Crippen LogP contribution >= 0.6 is 11.6 Å². The average Bonchev–Trinajstić information content (AvgIpc) is 2.48. The van der Waals surface area contributed by atoms with E-state index in [1.165, 1.54) is 14.2 Å². The number of rotatable bonds is 4. The topological polar surface area (TPSA) is 73.6 Å². The van der Waals surface area contributed by atoms with Crippen molar-refractivity contribution in [3.63, 3.8) is 0 Å². The van der Waals surface area contributed by atoms with Crippen molar-refractivity contribution < 1.29 is 14.3 Å². The van der Waals surface area contributed by atoms with Crippen molar-refractivity contribution in [2.45, 2.75) is 0 Å². The summed E-state index contributed by atoms with van der Waals surface area (Å²) < 4.78 is 10.4. The summed E-state index contributed by atoms with van der Waals surface area (Å²) in [6.45, 7) is 0. The van der Waals surface area contributed by atoms with E-state index < -0.39 is 0 Å². The van der Waals surface area contributed by atoms with Crippen molar-refractivity contribution in [1.29, 1.82) is 0 Å². The number of ether oxygens (including phenoxy) is 2. The predicted octanol–water partition coefficient (Wildman–Crippen LogP) is 3.19. The molecule has 110 valence electrons. The molecule has 0 spiro atoms. The average molecular weight is 307 g/mol. The van der Waals surface area contributed by atoms with Gasteiger partial charge in [0.15, 0.2) is 0 Å². The van der Waals surface area contributed by atoms with E-state index in [-0.39, 0.29) is 5.91 Å². The lowest BCUT2D eigenvalue weighted by Crippen LogP contribution is -2.14. The van der Waals surface area contributed by atoms with Crippen LogP contribution in [0.5, 0.6) is 11.5 Å². The monoisotopic (exact) mass is 306 g/mol. The summed E-state index contributed by atoms with van der Waals surface area (Å²) >= 11 is 5.88. The third-order valence-electron chi connectivity index (χ3n) is 2.88. The Bertz CT molecular complexity index is 674. The molecular formula is C15H15ClN2O3. The quantitative estimate of drug-likeness (QED) is 0.851. The van der Waals surface area contributed by atoms with Crippen molar-refractivity contribution in [2.75, 3.05) is 25.3 Å². The van der Waals surface area contributed by atoms with Gasteiger partial charge in [0.05, 0.1) is 25.5 Å². The smallest absolute Gasteiger partial charge is 0.259 e. The van der Waals surface area contributed by atoms with Crippen molar-refractivity contribution in [3.8, 4) is 11.5 Å². The minimum Gasteiger partial charge on any atom is -0.496 e. The van der Waals surface area contributed by atoms with E-state index in [1.54, 1.807) is 36.4 Å². The number of nitrogens with two attached hydrogens (primary N) is 1. The first-order valence-electron chi connectivity index (χ1n) is 6.13. The molecule has 1 amide bonds. The number of carbonyl (C=O) groups excluding carboxylic acids is 1. The van der Waals surface area contributed by atoms with Gasteiger partial charge in [-0.15, -0.1) is 0 Å². The second-order valence-electron chi connectivity index (χ2n) is 4.26. The van der Waals surface area contributed by atoms with Gasteiger partial charge in [0, 0.05) is 16.8 Å². The lowest BCUT2D eigenvalue weighted by molar-refractivity contribution is 0.102. The van der Waals surface area contributed by atoms with E-state index in [9.17, 15) is 4.79 Å². The molecule has 21 heavy (non-hydrogen) atoms. The Morgan fingerprint density at radius 2 is 1.81 bits per heavy atom. The Morgan fingerprint density at radius 3 is 2.48 bits per heavy atom. The van der Waals surface area contributed by atoms with Gasteiger partial charge in [-0.3, -0.25) is 4.79 Å². The fraction of sp³-hybridized carbons (Fsp3) is 0.133. The molecule has 5 nitrogen and oxygen atoms in total. The summed E-state index contributed by atoms with van der Waals surface area (Å²) in [5, 5.41) is 3.25. The number of nitrogens with one attached hydrogen (secondary N) is 1. The Morgan fingerprint density at radius 1 is 1.10 bits per heavy atom. The number of halogens is 1. The maximum Gasteiger partial charge on any atom is 0.259 e. The Balaban J connectivity index is 2.30. The maximum atomic E-state index is 12.3. The van der Waals surface area contributed by atoms with Crippen LogP contribution in [0.2, 0.25) is 5.02 Å². The zero-order chi connectivity index (χ0) is 15.4. The number of anilines is 2. The zero-order valence-corrected chi connectivity index (χ0v) is 12.4.